The third kappa shape index (κ3) is 1.12. The third-order valence-electron chi connectivity index (χ3n) is 2.90. The standard InChI is InChI=1S/C9H15NO2/c1-9(2)3-6-4-12-5-7(6)10-8(9)11/h6-7H,3-5H2,1-2H3,(H,10,11)/t6-,7+/m0/s1. The fourth-order valence-corrected chi connectivity index (χ4v) is 2.07. The van der Waals surface area contributed by atoms with E-state index in [-0.39, 0.29) is 17.4 Å². The average molecular weight is 169 g/mol. The first-order valence-electron chi connectivity index (χ1n) is 4.48. The van der Waals surface area contributed by atoms with Gasteiger partial charge in [0.1, 0.15) is 0 Å². The number of carbonyl (C=O) groups excluding carboxylic acids is 1. The summed E-state index contributed by atoms with van der Waals surface area (Å²) in [5.74, 6) is 0.715. The van der Waals surface area contributed by atoms with Crippen molar-refractivity contribution in [2.45, 2.75) is 26.3 Å². The van der Waals surface area contributed by atoms with Gasteiger partial charge in [0.15, 0.2) is 0 Å². The van der Waals surface area contributed by atoms with Gasteiger partial charge in [0.05, 0.1) is 19.3 Å². The zero-order valence-corrected chi connectivity index (χ0v) is 7.59. The van der Waals surface area contributed by atoms with Crippen molar-refractivity contribution in [2.24, 2.45) is 11.3 Å². The predicted octanol–water partition coefficient (Wildman–Crippen LogP) is 0.547. The number of ether oxygens (including phenoxy) is 1. The predicted molar refractivity (Wildman–Crippen MR) is 44.6 cm³/mol. The molecule has 0 aromatic carbocycles. The molecule has 0 unspecified atom stereocenters. The summed E-state index contributed by atoms with van der Waals surface area (Å²) in [6.07, 6.45) is 0.962. The minimum absolute atomic E-state index is 0.175. The van der Waals surface area contributed by atoms with E-state index < -0.39 is 0 Å². The van der Waals surface area contributed by atoms with Gasteiger partial charge >= 0.3 is 0 Å². The van der Waals surface area contributed by atoms with Crippen LogP contribution in [-0.4, -0.2) is 25.2 Å². The minimum Gasteiger partial charge on any atom is -0.379 e. The molecular formula is C9H15NO2. The van der Waals surface area contributed by atoms with E-state index in [0.29, 0.717) is 12.5 Å². The van der Waals surface area contributed by atoms with Gasteiger partial charge < -0.3 is 10.1 Å². The maximum absolute atomic E-state index is 11.5. The SMILES string of the molecule is CC1(C)C[C@H]2COC[C@H]2NC1=O. The monoisotopic (exact) mass is 169 g/mol. The van der Waals surface area contributed by atoms with Gasteiger partial charge in [-0.1, -0.05) is 13.8 Å². The Bertz CT molecular complexity index is 213. The van der Waals surface area contributed by atoms with Crippen LogP contribution in [0.5, 0.6) is 0 Å². The molecule has 3 nitrogen and oxygen atoms in total. The van der Waals surface area contributed by atoms with Crippen LogP contribution in [-0.2, 0) is 9.53 Å². The lowest BCUT2D eigenvalue weighted by Crippen LogP contribution is -2.52. The number of fused-ring (bicyclic) bond motifs is 1. The number of hydrogen-bond donors (Lipinski definition) is 1. The average Bonchev–Trinajstić information content (AvgIpc) is 2.35. The molecular weight excluding hydrogens is 154 g/mol. The van der Waals surface area contributed by atoms with Crippen molar-refractivity contribution in [1.82, 2.24) is 5.32 Å². The lowest BCUT2D eigenvalue weighted by atomic mass is 9.76. The van der Waals surface area contributed by atoms with E-state index in [2.05, 4.69) is 5.32 Å². The first-order valence-corrected chi connectivity index (χ1v) is 4.48. The van der Waals surface area contributed by atoms with Crippen molar-refractivity contribution < 1.29 is 9.53 Å². The number of piperidine rings is 1. The van der Waals surface area contributed by atoms with Gasteiger partial charge in [-0.25, -0.2) is 0 Å². The Morgan fingerprint density at radius 3 is 3.00 bits per heavy atom. The second kappa shape index (κ2) is 2.46. The maximum atomic E-state index is 11.5. The second-order valence-corrected chi connectivity index (χ2v) is 4.47. The van der Waals surface area contributed by atoms with Crippen LogP contribution in [0.4, 0.5) is 0 Å². The molecule has 2 atom stereocenters. The number of hydrogen-bond acceptors (Lipinski definition) is 2. The van der Waals surface area contributed by atoms with Gasteiger partial charge in [-0.3, -0.25) is 4.79 Å². The molecule has 0 aliphatic carbocycles. The fourth-order valence-electron chi connectivity index (χ4n) is 2.07. The van der Waals surface area contributed by atoms with Crippen LogP contribution in [0.25, 0.3) is 0 Å². The molecule has 0 aromatic rings. The molecule has 2 heterocycles. The third-order valence-corrected chi connectivity index (χ3v) is 2.90. The zero-order valence-electron chi connectivity index (χ0n) is 7.59. The Morgan fingerprint density at radius 1 is 1.50 bits per heavy atom. The molecule has 2 saturated heterocycles. The molecule has 2 fully saturated rings. The first-order chi connectivity index (χ1) is 5.59. The lowest BCUT2D eigenvalue weighted by Gasteiger charge is -2.35. The van der Waals surface area contributed by atoms with Gasteiger partial charge in [0.2, 0.25) is 5.91 Å². The Labute approximate surface area is 72.5 Å². The molecule has 0 spiro atoms. The first kappa shape index (κ1) is 8.05. The van der Waals surface area contributed by atoms with Crippen LogP contribution in [0.2, 0.25) is 0 Å². The van der Waals surface area contributed by atoms with E-state index in [9.17, 15) is 4.79 Å². The number of carbonyl (C=O) groups is 1. The highest BCUT2D eigenvalue weighted by Crippen LogP contribution is 2.34. The summed E-state index contributed by atoms with van der Waals surface area (Å²) in [5.41, 5.74) is -0.200. The molecule has 2 rings (SSSR count). The quantitative estimate of drug-likeness (QED) is 0.575. The molecule has 2 aliphatic heterocycles. The van der Waals surface area contributed by atoms with Crippen LogP contribution in [0, 0.1) is 11.3 Å². The highest BCUT2D eigenvalue weighted by atomic mass is 16.5. The van der Waals surface area contributed by atoms with Gasteiger partial charge in [0.25, 0.3) is 0 Å². The van der Waals surface area contributed by atoms with Gasteiger partial charge in [-0.2, -0.15) is 0 Å². The Kier molecular flexibility index (Phi) is 1.65. The smallest absolute Gasteiger partial charge is 0.225 e. The Morgan fingerprint density at radius 2 is 2.25 bits per heavy atom. The number of nitrogens with one attached hydrogen (secondary N) is 1. The number of amides is 1. The van der Waals surface area contributed by atoms with Crippen molar-refractivity contribution in [1.29, 1.82) is 0 Å². The Balaban J connectivity index is 2.14. The molecule has 68 valence electrons. The molecule has 1 amide bonds. The zero-order chi connectivity index (χ0) is 8.77. The van der Waals surface area contributed by atoms with Crippen molar-refractivity contribution in [3.8, 4) is 0 Å². The lowest BCUT2D eigenvalue weighted by molar-refractivity contribution is -0.133. The van der Waals surface area contributed by atoms with E-state index in [0.717, 1.165) is 13.0 Å². The molecule has 12 heavy (non-hydrogen) atoms. The molecule has 3 heteroatoms. The van der Waals surface area contributed by atoms with Crippen LogP contribution < -0.4 is 5.32 Å². The summed E-state index contributed by atoms with van der Waals surface area (Å²) in [4.78, 5) is 11.5. The van der Waals surface area contributed by atoms with E-state index in [1.807, 2.05) is 13.8 Å². The second-order valence-electron chi connectivity index (χ2n) is 4.47. The summed E-state index contributed by atoms with van der Waals surface area (Å²) in [6, 6.07) is 0.283. The van der Waals surface area contributed by atoms with E-state index in [4.69, 9.17) is 4.74 Å². The highest BCUT2D eigenvalue weighted by molar-refractivity contribution is 5.83. The van der Waals surface area contributed by atoms with Crippen molar-refractivity contribution in [2.75, 3.05) is 13.2 Å². The molecule has 0 bridgehead atoms. The van der Waals surface area contributed by atoms with Crippen LogP contribution in [0.1, 0.15) is 20.3 Å². The van der Waals surface area contributed by atoms with Gasteiger partial charge in [-0.15, -0.1) is 0 Å². The number of rotatable bonds is 0. The van der Waals surface area contributed by atoms with Crippen molar-refractivity contribution in [3.05, 3.63) is 0 Å². The van der Waals surface area contributed by atoms with E-state index in [1.165, 1.54) is 0 Å². The summed E-state index contributed by atoms with van der Waals surface area (Å²) < 4.78 is 5.32. The van der Waals surface area contributed by atoms with Crippen molar-refractivity contribution in [3.63, 3.8) is 0 Å². The highest BCUT2D eigenvalue weighted by Gasteiger charge is 2.43. The maximum Gasteiger partial charge on any atom is 0.225 e. The van der Waals surface area contributed by atoms with E-state index in [1.54, 1.807) is 0 Å². The summed E-state index contributed by atoms with van der Waals surface area (Å²) >= 11 is 0. The van der Waals surface area contributed by atoms with Crippen LogP contribution in [0.3, 0.4) is 0 Å². The normalized spacial score (nSPS) is 39.0. The minimum atomic E-state index is -0.200. The van der Waals surface area contributed by atoms with Crippen LogP contribution >= 0.6 is 0 Å². The molecule has 0 radical (unpaired) electrons. The molecule has 1 N–H and O–H groups in total. The molecule has 0 aromatic heterocycles. The topological polar surface area (TPSA) is 38.3 Å². The largest absolute Gasteiger partial charge is 0.379 e. The summed E-state index contributed by atoms with van der Waals surface area (Å²) in [7, 11) is 0. The van der Waals surface area contributed by atoms with Crippen molar-refractivity contribution >= 4 is 5.91 Å². The van der Waals surface area contributed by atoms with Gasteiger partial charge in [0, 0.05) is 11.3 Å². The summed E-state index contributed by atoms with van der Waals surface area (Å²) in [6.45, 7) is 5.51. The van der Waals surface area contributed by atoms with Crippen LogP contribution in [0.15, 0.2) is 0 Å². The van der Waals surface area contributed by atoms with Gasteiger partial charge in [-0.05, 0) is 6.42 Å². The fraction of sp³-hybridized carbons (Fsp3) is 0.889. The molecule has 0 saturated carbocycles. The summed E-state index contributed by atoms with van der Waals surface area (Å²) in [5, 5.41) is 3.00. The molecule has 2 aliphatic rings. The van der Waals surface area contributed by atoms with E-state index >= 15 is 0 Å². The Hall–Kier alpha value is -0.570.